The fourth-order valence-electron chi connectivity index (χ4n) is 4.51. The van der Waals surface area contributed by atoms with E-state index in [-0.39, 0.29) is 5.82 Å². The fraction of sp³-hybridized carbons (Fsp3) is 0.156. The predicted molar refractivity (Wildman–Crippen MR) is 158 cm³/mol. The zero-order valence-corrected chi connectivity index (χ0v) is 22.2. The first-order valence-electron chi connectivity index (χ1n) is 13.1. The number of allylic oxidation sites excluding steroid dienone is 5. The van der Waals surface area contributed by atoms with Crippen molar-refractivity contribution < 1.29 is 4.39 Å². The van der Waals surface area contributed by atoms with Crippen LogP contribution in [0.4, 0.5) is 4.39 Å². The molecular formula is C32H31FN6. The molecule has 0 unspecified atom stereocenters. The van der Waals surface area contributed by atoms with Crippen LogP contribution in [0.2, 0.25) is 0 Å². The molecular weight excluding hydrogens is 487 g/mol. The van der Waals surface area contributed by atoms with Crippen molar-refractivity contribution in [2.24, 2.45) is 0 Å². The Balaban J connectivity index is 1.51. The van der Waals surface area contributed by atoms with Crippen molar-refractivity contribution in [3.63, 3.8) is 0 Å². The molecule has 3 N–H and O–H groups in total. The quantitative estimate of drug-likeness (QED) is 0.163. The SMILES string of the molecule is C=C/C(=C\C(=C/C)c1ccc2[nH]nc(-c3nc4c(-c5ccc(F)cc5)cccc4[nH]3)c2n1)NC(=C)CCCC. The topological polar surface area (TPSA) is 82.3 Å². The highest BCUT2D eigenvalue weighted by atomic mass is 19.1. The molecule has 5 rings (SSSR count). The average molecular weight is 519 g/mol. The van der Waals surface area contributed by atoms with Crippen molar-refractivity contribution in [1.82, 2.24) is 30.5 Å². The Labute approximate surface area is 227 Å². The van der Waals surface area contributed by atoms with E-state index in [1.165, 1.54) is 12.1 Å². The number of benzene rings is 2. The molecule has 3 aromatic heterocycles. The Hall–Kier alpha value is -4.78. The van der Waals surface area contributed by atoms with Crippen LogP contribution >= 0.6 is 0 Å². The molecule has 196 valence electrons. The maximum Gasteiger partial charge on any atom is 0.161 e. The van der Waals surface area contributed by atoms with Gasteiger partial charge in [-0.1, -0.05) is 56.8 Å². The maximum atomic E-state index is 13.5. The molecule has 0 amide bonds. The summed E-state index contributed by atoms with van der Waals surface area (Å²) in [5.74, 6) is 0.333. The smallest absolute Gasteiger partial charge is 0.161 e. The second-order valence-electron chi connectivity index (χ2n) is 9.34. The van der Waals surface area contributed by atoms with Crippen LogP contribution < -0.4 is 5.32 Å². The van der Waals surface area contributed by atoms with Gasteiger partial charge < -0.3 is 10.3 Å². The molecule has 0 fully saturated rings. The van der Waals surface area contributed by atoms with E-state index >= 15 is 0 Å². The van der Waals surface area contributed by atoms with Crippen LogP contribution in [0.15, 0.2) is 97.4 Å². The zero-order valence-electron chi connectivity index (χ0n) is 22.2. The number of aromatic nitrogens is 5. The number of aromatic amines is 2. The molecule has 0 bridgehead atoms. The van der Waals surface area contributed by atoms with Gasteiger partial charge in [0.1, 0.15) is 11.3 Å². The summed E-state index contributed by atoms with van der Waals surface area (Å²) in [6, 6.07) is 16.3. The number of rotatable bonds is 10. The summed E-state index contributed by atoms with van der Waals surface area (Å²) in [7, 11) is 0. The van der Waals surface area contributed by atoms with Gasteiger partial charge in [0.15, 0.2) is 11.5 Å². The van der Waals surface area contributed by atoms with Crippen LogP contribution in [0.5, 0.6) is 0 Å². The minimum Gasteiger partial charge on any atom is -0.359 e. The Morgan fingerprint density at radius 2 is 1.85 bits per heavy atom. The van der Waals surface area contributed by atoms with E-state index in [0.717, 1.165) is 69.6 Å². The first-order chi connectivity index (χ1) is 19.0. The van der Waals surface area contributed by atoms with Gasteiger partial charge in [0, 0.05) is 17.0 Å². The Kier molecular flexibility index (Phi) is 7.50. The number of nitrogens with zero attached hydrogens (tertiary/aromatic N) is 3. The van der Waals surface area contributed by atoms with E-state index in [1.807, 2.05) is 49.4 Å². The van der Waals surface area contributed by atoms with Crippen LogP contribution in [0.25, 0.3) is 50.3 Å². The number of hydrogen-bond donors (Lipinski definition) is 3. The summed E-state index contributed by atoms with van der Waals surface area (Å²) >= 11 is 0. The van der Waals surface area contributed by atoms with Crippen LogP contribution in [0, 0.1) is 5.82 Å². The minimum absolute atomic E-state index is 0.272. The lowest BCUT2D eigenvalue weighted by Gasteiger charge is -2.11. The molecule has 0 atom stereocenters. The summed E-state index contributed by atoms with van der Waals surface area (Å²) in [6.07, 6.45) is 8.94. The third kappa shape index (κ3) is 5.43. The summed E-state index contributed by atoms with van der Waals surface area (Å²) in [4.78, 5) is 13.2. The molecule has 0 radical (unpaired) electrons. The van der Waals surface area contributed by atoms with Crippen molar-refractivity contribution in [3.05, 3.63) is 109 Å². The molecule has 0 saturated carbocycles. The molecule has 0 aliphatic carbocycles. The molecule has 0 saturated heterocycles. The van der Waals surface area contributed by atoms with Crippen LogP contribution in [0.1, 0.15) is 38.8 Å². The van der Waals surface area contributed by atoms with Gasteiger partial charge >= 0.3 is 0 Å². The third-order valence-corrected chi connectivity index (χ3v) is 6.59. The van der Waals surface area contributed by atoms with E-state index in [4.69, 9.17) is 9.97 Å². The first kappa shape index (κ1) is 25.9. The molecule has 7 heteroatoms. The van der Waals surface area contributed by atoms with E-state index in [0.29, 0.717) is 17.0 Å². The van der Waals surface area contributed by atoms with Gasteiger partial charge in [0.2, 0.25) is 0 Å². The monoisotopic (exact) mass is 518 g/mol. The van der Waals surface area contributed by atoms with Gasteiger partial charge in [-0.05, 0) is 73.4 Å². The number of unbranched alkanes of at least 4 members (excludes halogenated alkanes) is 1. The van der Waals surface area contributed by atoms with Crippen molar-refractivity contribution in [1.29, 1.82) is 0 Å². The number of para-hydroxylation sites is 1. The Morgan fingerprint density at radius 3 is 2.59 bits per heavy atom. The number of pyridine rings is 1. The van der Waals surface area contributed by atoms with Crippen molar-refractivity contribution in [2.75, 3.05) is 0 Å². The number of hydrogen-bond acceptors (Lipinski definition) is 4. The van der Waals surface area contributed by atoms with Gasteiger partial charge in [-0.2, -0.15) is 5.10 Å². The van der Waals surface area contributed by atoms with Crippen molar-refractivity contribution >= 4 is 27.6 Å². The lowest BCUT2D eigenvalue weighted by molar-refractivity contribution is 0.628. The third-order valence-electron chi connectivity index (χ3n) is 6.59. The summed E-state index contributed by atoms with van der Waals surface area (Å²) in [5.41, 5.74) is 9.17. The second-order valence-corrected chi connectivity index (χ2v) is 9.34. The van der Waals surface area contributed by atoms with Gasteiger partial charge in [0.25, 0.3) is 0 Å². The summed E-state index contributed by atoms with van der Waals surface area (Å²) in [5, 5.41) is 11.0. The maximum absolute atomic E-state index is 13.5. The van der Waals surface area contributed by atoms with Crippen LogP contribution in [0.3, 0.4) is 0 Å². The van der Waals surface area contributed by atoms with Gasteiger partial charge in [0.05, 0.1) is 22.2 Å². The number of imidazole rings is 1. The largest absolute Gasteiger partial charge is 0.359 e. The molecule has 5 aromatic rings. The number of halogens is 1. The summed E-state index contributed by atoms with van der Waals surface area (Å²) in [6.45, 7) is 12.2. The van der Waals surface area contributed by atoms with Crippen molar-refractivity contribution in [3.8, 4) is 22.6 Å². The normalized spacial score (nSPS) is 12.3. The molecule has 0 aliphatic heterocycles. The molecule has 3 heterocycles. The lowest BCUT2D eigenvalue weighted by atomic mass is 10.0. The van der Waals surface area contributed by atoms with E-state index in [2.05, 4.69) is 40.6 Å². The first-order valence-corrected chi connectivity index (χ1v) is 13.1. The lowest BCUT2D eigenvalue weighted by Crippen LogP contribution is -2.10. The van der Waals surface area contributed by atoms with E-state index in [1.54, 1.807) is 18.2 Å². The predicted octanol–water partition coefficient (Wildman–Crippen LogP) is 8.07. The summed E-state index contributed by atoms with van der Waals surface area (Å²) < 4.78 is 13.5. The minimum atomic E-state index is -0.272. The van der Waals surface area contributed by atoms with Gasteiger partial charge in [-0.15, -0.1) is 0 Å². The van der Waals surface area contributed by atoms with Crippen LogP contribution in [-0.2, 0) is 0 Å². The number of nitrogens with one attached hydrogen (secondary N) is 3. The van der Waals surface area contributed by atoms with Crippen molar-refractivity contribution in [2.45, 2.75) is 33.1 Å². The second kappa shape index (κ2) is 11.3. The highest BCUT2D eigenvalue weighted by Gasteiger charge is 2.17. The molecule has 2 aromatic carbocycles. The molecule has 0 aliphatic rings. The van der Waals surface area contributed by atoms with Gasteiger partial charge in [-0.25, -0.2) is 14.4 Å². The zero-order chi connectivity index (χ0) is 27.4. The molecule has 39 heavy (non-hydrogen) atoms. The molecule has 0 spiro atoms. The highest BCUT2D eigenvalue weighted by molar-refractivity contribution is 5.96. The fourth-order valence-corrected chi connectivity index (χ4v) is 4.51. The standard InChI is InChI=1S/C32H31FN6/c1-5-8-10-20(4)34-24(7-3)19-21(6-2)26-17-18-28-30(35-26)31(39-38-28)32-36-27-12-9-11-25(29(27)37-32)22-13-15-23(33)16-14-22/h6-7,9,11-19,34H,3-5,8,10H2,1-2H3,(H,36,37)(H,38,39)/b21-6+,24-19+. The molecule has 6 nitrogen and oxygen atoms in total. The Morgan fingerprint density at radius 1 is 1.03 bits per heavy atom. The Bertz CT molecular complexity index is 1720. The average Bonchev–Trinajstić information content (AvgIpc) is 3.58. The number of H-pyrrole nitrogens is 2. The highest BCUT2D eigenvalue weighted by Crippen LogP contribution is 2.31. The van der Waals surface area contributed by atoms with Crippen LogP contribution in [-0.4, -0.2) is 25.1 Å². The van der Waals surface area contributed by atoms with E-state index in [9.17, 15) is 4.39 Å². The van der Waals surface area contributed by atoms with E-state index < -0.39 is 0 Å². The number of fused-ring (bicyclic) bond motifs is 2. The van der Waals surface area contributed by atoms with Gasteiger partial charge in [-0.3, -0.25) is 5.10 Å².